The van der Waals surface area contributed by atoms with Gasteiger partial charge in [-0.3, -0.25) is 4.40 Å². The van der Waals surface area contributed by atoms with Gasteiger partial charge in [0.15, 0.2) is 10.8 Å². The van der Waals surface area contributed by atoms with Crippen molar-refractivity contribution in [1.82, 2.24) is 9.38 Å². The molecule has 2 heterocycles. The molecule has 0 radical (unpaired) electrons. The van der Waals surface area contributed by atoms with Gasteiger partial charge in [-0.15, -0.1) is 11.3 Å². The molecule has 3 rings (SSSR count). The molecule has 21 heavy (non-hydrogen) atoms. The van der Waals surface area contributed by atoms with Crippen molar-refractivity contribution in [1.29, 1.82) is 0 Å². The van der Waals surface area contributed by atoms with Crippen LogP contribution in [0.2, 0.25) is 0 Å². The van der Waals surface area contributed by atoms with Crippen LogP contribution in [-0.2, 0) is 13.2 Å². The highest BCUT2D eigenvalue weighted by atomic mass is 32.1. The van der Waals surface area contributed by atoms with Gasteiger partial charge in [0.1, 0.15) is 5.75 Å². The minimum Gasteiger partial charge on any atom is -0.497 e. The van der Waals surface area contributed by atoms with Crippen molar-refractivity contribution < 1.29 is 9.84 Å². The summed E-state index contributed by atoms with van der Waals surface area (Å²) in [4.78, 5) is 7.54. The van der Waals surface area contributed by atoms with Crippen LogP contribution in [0.5, 0.6) is 5.75 Å². The SMILES string of the molecule is COc1ccc(CN(C)c2nc3sccn3c2CO)cc1. The first-order valence-electron chi connectivity index (χ1n) is 6.62. The van der Waals surface area contributed by atoms with E-state index < -0.39 is 0 Å². The maximum atomic E-state index is 9.61. The van der Waals surface area contributed by atoms with E-state index in [1.165, 1.54) is 5.56 Å². The van der Waals surface area contributed by atoms with E-state index in [9.17, 15) is 5.11 Å². The van der Waals surface area contributed by atoms with Crippen molar-refractivity contribution in [3.8, 4) is 5.75 Å². The Hall–Kier alpha value is -2.05. The Morgan fingerprint density at radius 1 is 1.33 bits per heavy atom. The zero-order valence-corrected chi connectivity index (χ0v) is 12.8. The van der Waals surface area contributed by atoms with Crippen molar-refractivity contribution in [3.05, 3.63) is 47.1 Å². The number of methoxy groups -OCH3 is 1. The summed E-state index contributed by atoms with van der Waals surface area (Å²) in [7, 11) is 3.64. The van der Waals surface area contributed by atoms with Gasteiger partial charge in [0, 0.05) is 25.2 Å². The number of nitrogens with zero attached hydrogens (tertiary/aromatic N) is 3. The van der Waals surface area contributed by atoms with Gasteiger partial charge in [-0.05, 0) is 17.7 Å². The summed E-state index contributed by atoms with van der Waals surface area (Å²) in [5, 5.41) is 11.6. The van der Waals surface area contributed by atoms with Gasteiger partial charge in [-0.1, -0.05) is 12.1 Å². The summed E-state index contributed by atoms with van der Waals surface area (Å²) < 4.78 is 7.10. The molecule has 0 saturated heterocycles. The standard InChI is InChI=1S/C15H17N3O2S/c1-17(9-11-3-5-12(20-2)6-4-11)14-13(10-19)18-7-8-21-15(18)16-14/h3-8,19H,9-10H2,1-2H3. The minimum atomic E-state index is -0.0276. The van der Waals surface area contributed by atoms with E-state index in [0.29, 0.717) is 0 Å². The van der Waals surface area contributed by atoms with Crippen molar-refractivity contribution >= 4 is 22.1 Å². The molecule has 0 unspecified atom stereocenters. The predicted molar refractivity (Wildman–Crippen MR) is 84.1 cm³/mol. The second-order valence-corrected chi connectivity index (χ2v) is 5.67. The fraction of sp³-hybridized carbons (Fsp3) is 0.267. The second kappa shape index (κ2) is 5.75. The number of aromatic nitrogens is 2. The van der Waals surface area contributed by atoms with E-state index in [4.69, 9.17) is 4.74 Å². The number of fused-ring (bicyclic) bond motifs is 1. The molecule has 3 aromatic rings. The van der Waals surface area contributed by atoms with Crippen LogP contribution in [-0.4, -0.2) is 28.6 Å². The quantitative estimate of drug-likeness (QED) is 0.787. The van der Waals surface area contributed by atoms with Gasteiger partial charge in [-0.25, -0.2) is 4.98 Å². The summed E-state index contributed by atoms with van der Waals surface area (Å²) in [6, 6.07) is 7.96. The number of thiazole rings is 1. The molecule has 1 aromatic carbocycles. The van der Waals surface area contributed by atoms with Crippen molar-refractivity contribution in [3.63, 3.8) is 0 Å². The highest BCUT2D eigenvalue weighted by Crippen LogP contribution is 2.25. The van der Waals surface area contributed by atoms with Crippen LogP contribution in [0, 0.1) is 0 Å². The molecule has 0 fully saturated rings. The van der Waals surface area contributed by atoms with E-state index >= 15 is 0 Å². The number of anilines is 1. The molecule has 0 spiro atoms. The number of aliphatic hydroxyl groups excluding tert-OH is 1. The van der Waals surface area contributed by atoms with Gasteiger partial charge in [0.25, 0.3) is 0 Å². The first-order chi connectivity index (χ1) is 10.2. The van der Waals surface area contributed by atoms with Crippen molar-refractivity contribution in [2.75, 3.05) is 19.1 Å². The fourth-order valence-corrected chi connectivity index (χ4v) is 3.08. The molecule has 0 bridgehead atoms. The van der Waals surface area contributed by atoms with E-state index in [-0.39, 0.29) is 6.61 Å². The molecule has 5 nitrogen and oxygen atoms in total. The Morgan fingerprint density at radius 2 is 2.10 bits per heavy atom. The number of benzene rings is 1. The molecule has 0 atom stereocenters. The molecule has 0 aliphatic carbocycles. The Balaban J connectivity index is 1.85. The van der Waals surface area contributed by atoms with Gasteiger partial charge < -0.3 is 14.7 Å². The third-order valence-corrected chi connectivity index (χ3v) is 4.19. The number of ether oxygens (including phenoxy) is 1. The second-order valence-electron chi connectivity index (χ2n) is 4.80. The van der Waals surface area contributed by atoms with E-state index in [0.717, 1.165) is 28.8 Å². The zero-order valence-electron chi connectivity index (χ0n) is 12.0. The third kappa shape index (κ3) is 2.59. The fourth-order valence-electron chi connectivity index (χ4n) is 2.35. The average Bonchev–Trinajstić information content (AvgIpc) is 3.08. The van der Waals surface area contributed by atoms with E-state index in [1.54, 1.807) is 18.4 Å². The number of hydrogen-bond acceptors (Lipinski definition) is 5. The van der Waals surface area contributed by atoms with Crippen LogP contribution in [0.25, 0.3) is 4.96 Å². The average molecular weight is 303 g/mol. The Bertz CT molecular complexity index is 733. The lowest BCUT2D eigenvalue weighted by atomic mass is 10.2. The number of imidazole rings is 1. The molecule has 110 valence electrons. The van der Waals surface area contributed by atoms with Crippen LogP contribution >= 0.6 is 11.3 Å². The Kier molecular flexibility index (Phi) is 3.81. The highest BCUT2D eigenvalue weighted by molar-refractivity contribution is 7.15. The summed E-state index contributed by atoms with van der Waals surface area (Å²) >= 11 is 1.56. The molecule has 6 heteroatoms. The molecule has 0 aliphatic rings. The van der Waals surface area contributed by atoms with E-state index in [1.807, 2.05) is 52.2 Å². The first-order valence-corrected chi connectivity index (χ1v) is 7.50. The van der Waals surface area contributed by atoms with Crippen LogP contribution in [0.1, 0.15) is 11.3 Å². The number of aliphatic hydroxyl groups is 1. The van der Waals surface area contributed by atoms with Crippen molar-refractivity contribution in [2.24, 2.45) is 0 Å². The molecule has 0 saturated carbocycles. The Labute approximate surface area is 127 Å². The smallest absolute Gasteiger partial charge is 0.195 e. The van der Waals surface area contributed by atoms with Gasteiger partial charge in [0.05, 0.1) is 19.4 Å². The zero-order chi connectivity index (χ0) is 14.8. The summed E-state index contributed by atoms with van der Waals surface area (Å²) in [5.74, 6) is 1.67. The summed E-state index contributed by atoms with van der Waals surface area (Å²) in [6.07, 6.45) is 1.93. The third-order valence-electron chi connectivity index (χ3n) is 3.43. The molecular weight excluding hydrogens is 286 g/mol. The molecular formula is C15H17N3O2S. The van der Waals surface area contributed by atoms with Gasteiger partial charge in [0.2, 0.25) is 0 Å². The maximum Gasteiger partial charge on any atom is 0.195 e. The predicted octanol–water partition coefficient (Wildman–Crippen LogP) is 2.53. The molecule has 1 N–H and O–H groups in total. The minimum absolute atomic E-state index is 0.0276. The lowest BCUT2D eigenvalue weighted by Gasteiger charge is -2.18. The van der Waals surface area contributed by atoms with Crippen molar-refractivity contribution in [2.45, 2.75) is 13.2 Å². The summed E-state index contributed by atoms with van der Waals surface area (Å²) in [5.41, 5.74) is 1.99. The summed E-state index contributed by atoms with van der Waals surface area (Å²) in [6.45, 7) is 0.696. The highest BCUT2D eigenvalue weighted by Gasteiger charge is 2.16. The lowest BCUT2D eigenvalue weighted by molar-refractivity contribution is 0.276. The van der Waals surface area contributed by atoms with Gasteiger partial charge in [-0.2, -0.15) is 0 Å². The largest absolute Gasteiger partial charge is 0.497 e. The monoisotopic (exact) mass is 303 g/mol. The lowest BCUT2D eigenvalue weighted by Crippen LogP contribution is -2.18. The molecule has 0 amide bonds. The van der Waals surface area contributed by atoms with E-state index in [2.05, 4.69) is 4.98 Å². The Morgan fingerprint density at radius 3 is 2.76 bits per heavy atom. The molecule has 2 aromatic heterocycles. The van der Waals surface area contributed by atoms with Crippen LogP contribution < -0.4 is 9.64 Å². The van der Waals surface area contributed by atoms with Crippen LogP contribution in [0.4, 0.5) is 5.82 Å². The van der Waals surface area contributed by atoms with Crippen LogP contribution in [0.15, 0.2) is 35.8 Å². The number of hydrogen-bond donors (Lipinski definition) is 1. The maximum absolute atomic E-state index is 9.61. The molecule has 0 aliphatic heterocycles. The van der Waals surface area contributed by atoms with Gasteiger partial charge >= 0.3 is 0 Å². The van der Waals surface area contributed by atoms with Crippen LogP contribution in [0.3, 0.4) is 0 Å². The topological polar surface area (TPSA) is 50.0 Å². The normalized spacial score (nSPS) is 11.0. The first kappa shape index (κ1) is 13.9. The number of rotatable bonds is 5.